The number of hydrogen-bond donors (Lipinski definition) is 1. The van der Waals surface area contributed by atoms with Crippen molar-refractivity contribution in [3.05, 3.63) is 83.7 Å². The van der Waals surface area contributed by atoms with Crippen molar-refractivity contribution >= 4 is 17.5 Å². The van der Waals surface area contributed by atoms with E-state index in [1.54, 1.807) is 25.2 Å². The highest BCUT2D eigenvalue weighted by Gasteiger charge is 2.47. The summed E-state index contributed by atoms with van der Waals surface area (Å²) in [6, 6.07) is 19.4. The molecule has 36 heavy (non-hydrogen) atoms. The molecule has 0 radical (unpaired) electrons. The zero-order valence-corrected chi connectivity index (χ0v) is 21.0. The number of amides is 2. The van der Waals surface area contributed by atoms with Gasteiger partial charge in [-0.1, -0.05) is 24.3 Å². The lowest BCUT2D eigenvalue weighted by atomic mass is 9.81. The summed E-state index contributed by atoms with van der Waals surface area (Å²) in [6.07, 6.45) is 2.81. The SMILES string of the molecule is CN(C)C(=O)c1cccc(-c2ccc3c(c2)[C@@H]2[C@@H](CCN2C(=O)Cc2ccccn2)[C@H](CO)N3C)c1. The number of aliphatic hydroxyl groups is 1. The van der Waals surface area contributed by atoms with E-state index in [4.69, 9.17) is 0 Å². The van der Waals surface area contributed by atoms with Gasteiger partial charge < -0.3 is 19.8 Å². The molecule has 1 saturated heterocycles. The second-order valence-electron chi connectivity index (χ2n) is 9.90. The predicted octanol–water partition coefficient (Wildman–Crippen LogP) is 3.39. The van der Waals surface area contributed by atoms with Crippen molar-refractivity contribution in [2.45, 2.75) is 24.9 Å². The van der Waals surface area contributed by atoms with Crippen LogP contribution in [0.5, 0.6) is 0 Å². The highest BCUT2D eigenvalue weighted by molar-refractivity contribution is 5.95. The van der Waals surface area contributed by atoms with E-state index < -0.39 is 0 Å². The van der Waals surface area contributed by atoms with Gasteiger partial charge in [-0.25, -0.2) is 0 Å². The third-order valence-electron chi connectivity index (χ3n) is 7.58. The Hall–Kier alpha value is -3.71. The fraction of sp³-hybridized carbons (Fsp3) is 0.345. The molecule has 186 valence electrons. The van der Waals surface area contributed by atoms with Gasteiger partial charge in [0, 0.05) is 56.7 Å². The maximum Gasteiger partial charge on any atom is 0.253 e. The molecule has 0 aliphatic carbocycles. The normalized spacial score (nSPS) is 20.6. The highest BCUT2D eigenvalue weighted by atomic mass is 16.3. The summed E-state index contributed by atoms with van der Waals surface area (Å²) in [5.41, 5.74) is 5.46. The number of benzene rings is 2. The lowest BCUT2D eigenvalue weighted by Gasteiger charge is -2.44. The van der Waals surface area contributed by atoms with E-state index in [1.807, 2.05) is 54.4 Å². The van der Waals surface area contributed by atoms with Crippen LogP contribution in [0, 0.1) is 5.92 Å². The molecular weight excluding hydrogens is 452 g/mol. The number of pyridine rings is 1. The number of rotatable bonds is 5. The number of likely N-dealkylation sites (tertiary alicyclic amines) is 1. The maximum absolute atomic E-state index is 13.5. The van der Waals surface area contributed by atoms with E-state index in [0.29, 0.717) is 12.1 Å². The molecule has 7 heteroatoms. The van der Waals surface area contributed by atoms with E-state index >= 15 is 0 Å². The molecule has 1 fully saturated rings. The number of nitrogens with zero attached hydrogens (tertiary/aromatic N) is 4. The van der Waals surface area contributed by atoms with Crippen LogP contribution >= 0.6 is 0 Å². The lowest BCUT2D eigenvalue weighted by molar-refractivity contribution is -0.132. The van der Waals surface area contributed by atoms with Crippen molar-refractivity contribution in [1.29, 1.82) is 0 Å². The van der Waals surface area contributed by atoms with Crippen LogP contribution in [0.15, 0.2) is 66.9 Å². The van der Waals surface area contributed by atoms with Crippen molar-refractivity contribution in [1.82, 2.24) is 14.8 Å². The van der Waals surface area contributed by atoms with Crippen molar-refractivity contribution in [3.8, 4) is 11.1 Å². The number of carbonyl (C=O) groups is 2. The van der Waals surface area contributed by atoms with Crippen LogP contribution in [0.4, 0.5) is 5.69 Å². The molecule has 0 unspecified atom stereocenters. The minimum atomic E-state index is -0.115. The number of carbonyl (C=O) groups excluding carboxylic acids is 2. The van der Waals surface area contributed by atoms with Gasteiger partial charge >= 0.3 is 0 Å². The summed E-state index contributed by atoms with van der Waals surface area (Å²) >= 11 is 0. The Morgan fingerprint density at radius 2 is 1.86 bits per heavy atom. The molecule has 0 bridgehead atoms. The number of aromatic nitrogens is 1. The molecule has 2 aromatic carbocycles. The lowest BCUT2D eigenvalue weighted by Crippen LogP contribution is -2.48. The first-order valence-electron chi connectivity index (χ1n) is 12.4. The molecular formula is C29H32N4O3. The molecule has 3 aromatic rings. The van der Waals surface area contributed by atoms with Gasteiger partial charge in [0.15, 0.2) is 0 Å². The Bertz CT molecular complexity index is 1280. The summed E-state index contributed by atoms with van der Waals surface area (Å²) in [6.45, 7) is 0.692. The van der Waals surface area contributed by atoms with Crippen molar-refractivity contribution in [2.75, 3.05) is 39.2 Å². The molecule has 1 N–H and O–H groups in total. The van der Waals surface area contributed by atoms with Crippen molar-refractivity contribution in [2.24, 2.45) is 5.92 Å². The van der Waals surface area contributed by atoms with Crippen LogP contribution in [-0.2, 0) is 11.2 Å². The Balaban J connectivity index is 1.54. The summed E-state index contributed by atoms with van der Waals surface area (Å²) in [4.78, 5) is 36.0. The molecule has 1 aromatic heterocycles. The molecule has 2 aliphatic rings. The number of anilines is 1. The Morgan fingerprint density at radius 1 is 1.06 bits per heavy atom. The van der Waals surface area contributed by atoms with Gasteiger partial charge in [-0.2, -0.15) is 0 Å². The summed E-state index contributed by atoms with van der Waals surface area (Å²) in [7, 11) is 5.51. The van der Waals surface area contributed by atoms with E-state index in [0.717, 1.165) is 34.5 Å². The third kappa shape index (κ3) is 4.24. The molecule has 3 heterocycles. The zero-order chi connectivity index (χ0) is 25.4. The van der Waals surface area contributed by atoms with E-state index in [1.165, 1.54) is 0 Å². The Labute approximate surface area is 212 Å². The topological polar surface area (TPSA) is 77.0 Å². The second kappa shape index (κ2) is 9.74. The minimum absolute atomic E-state index is 0.0375. The predicted molar refractivity (Wildman–Crippen MR) is 140 cm³/mol. The first kappa shape index (κ1) is 24.0. The first-order valence-corrected chi connectivity index (χ1v) is 12.4. The van der Waals surface area contributed by atoms with E-state index in [9.17, 15) is 14.7 Å². The first-order chi connectivity index (χ1) is 17.4. The molecule has 5 rings (SSSR count). The van der Waals surface area contributed by atoms with Gasteiger partial charge in [-0.3, -0.25) is 14.6 Å². The molecule has 0 saturated carbocycles. The number of fused-ring (bicyclic) bond motifs is 3. The molecule has 3 atom stereocenters. The van der Waals surface area contributed by atoms with Gasteiger partial charge in [0.05, 0.1) is 25.1 Å². The highest BCUT2D eigenvalue weighted by Crippen LogP contribution is 2.49. The average molecular weight is 485 g/mol. The van der Waals surface area contributed by atoms with Crippen LogP contribution in [0.1, 0.15) is 34.1 Å². The Kier molecular flexibility index (Phi) is 6.49. The fourth-order valence-electron chi connectivity index (χ4n) is 5.76. The summed E-state index contributed by atoms with van der Waals surface area (Å²) in [5.74, 6) is 0.150. The van der Waals surface area contributed by atoms with Gasteiger partial charge in [-0.15, -0.1) is 0 Å². The van der Waals surface area contributed by atoms with E-state index in [2.05, 4.69) is 28.1 Å². The molecule has 2 aliphatic heterocycles. The van der Waals surface area contributed by atoms with Crippen LogP contribution < -0.4 is 4.90 Å². The van der Waals surface area contributed by atoms with Crippen LogP contribution in [0.3, 0.4) is 0 Å². The van der Waals surface area contributed by atoms with Gasteiger partial charge in [0.25, 0.3) is 5.91 Å². The third-order valence-corrected chi connectivity index (χ3v) is 7.58. The van der Waals surface area contributed by atoms with E-state index in [-0.39, 0.29) is 42.8 Å². The van der Waals surface area contributed by atoms with Crippen LogP contribution in [0.25, 0.3) is 11.1 Å². The fourth-order valence-corrected chi connectivity index (χ4v) is 5.76. The summed E-state index contributed by atoms with van der Waals surface area (Å²) < 4.78 is 0. The molecule has 0 spiro atoms. The van der Waals surface area contributed by atoms with Crippen LogP contribution in [-0.4, -0.2) is 72.0 Å². The summed E-state index contributed by atoms with van der Waals surface area (Å²) in [5, 5.41) is 10.3. The second-order valence-corrected chi connectivity index (χ2v) is 9.90. The Morgan fingerprint density at radius 3 is 2.58 bits per heavy atom. The molecule has 7 nitrogen and oxygen atoms in total. The number of likely N-dealkylation sites (N-methyl/N-ethyl adjacent to an activating group) is 1. The average Bonchev–Trinajstić information content (AvgIpc) is 3.34. The van der Waals surface area contributed by atoms with Crippen molar-refractivity contribution in [3.63, 3.8) is 0 Å². The molecule has 2 amide bonds. The largest absolute Gasteiger partial charge is 0.394 e. The zero-order valence-electron chi connectivity index (χ0n) is 21.0. The van der Waals surface area contributed by atoms with Gasteiger partial charge in [0.2, 0.25) is 5.91 Å². The van der Waals surface area contributed by atoms with Crippen molar-refractivity contribution < 1.29 is 14.7 Å². The quantitative estimate of drug-likeness (QED) is 0.601. The smallest absolute Gasteiger partial charge is 0.253 e. The van der Waals surface area contributed by atoms with Crippen LogP contribution in [0.2, 0.25) is 0 Å². The minimum Gasteiger partial charge on any atom is -0.394 e. The number of aliphatic hydroxyl groups excluding tert-OH is 1. The number of hydrogen-bond acceptors (Lipinski definition) is 5. The standard InChI is InChI=1S/C29H32N4O3/c1-31(2)29(36)21-8-6-7-19(15-21)20-10-11-25-24(16-20)28-23(26(18-34)32(25)3)12-14-33(28)27(35)17-22-9-4-5-13-30-22/h4-11,13,15-16,23,26,28,34H,12,14,17-18H2,1-3H3/t23-,26-,28-/m0/s1. The monoisotopic (exact) mass is 484 g/mol. The van der Waals surface area contributed by atoms with Gasteiger partial charge in [-0.05, 0) is 59.5 Å². The maximum atomic E-state index is 13.5. The van der Waals surface area contributed by atoms with Gasteiger partial charge in [0.1, 0.15) is 0 Å².